The van der Waals surface area contributed by atoms with Gasteiger partial charge in [-0.05, 0) is 48.0 Å². The van der Waals surface area contributed by atoms with Gasteiger partial charge in [-0.15, -0.1) is 12.6 Å². The molecule has 1 aliphatic heterocycles. The van der Waals surface area contributed by atoms with Gasteiger partial charge in [0.2, 0.25) is 0 Å². The van der Waals surface area contributed by atoms with Gasteiger partial charge in [-0.2, -0.15) is 5.26 Å². The molecule has 0 saturated heterocycles. The van der Waals surface area contributed by atoms with Gasteiger partial charge >= 0.3 is 0 Å². The highest BCUT2D eigenvalue weighted by molar-refractivity contribution is 7.80. The zero-order chi connectivity index (χ0) is 18.2. The minimum atomic E-state index is 0.626. The summed E-state index contributed by atoms with van der Waals surface area (Å²) in [6.45, 7) is 0.925. The first-order chi connectivity index (χ1) is 12.1. The zero-order valence-electron chi connectivity index (χ0n) is 13.9. The van der Waals surface area contributed by atoms with E-state index < -0.39 is 0 Å². The molecule has 3 rings (SSSR count). The van der Waals surface area contributed by atoms with Crippen LogP contribution in [-0.2, 0) is 6.42 Å². The van der Waals surface area contributed by atoms with Gasteiger partial charge in [0.15, 0.2) is 6.29 Å². The molecule has 1 heterocycles. The van der Waals surface area contributed by atoms with Gasteiger partial charge in [0.05, 0.1) is 11.6 Å². The number of rotatable bonds is 3. The maximum atomic E-state index is 10.7. The van der Waals surface area contributed by atoms with Crippen LogP contribution in [0, 0.1) is 11.3 Å². The molecule has 0 fully saturated rings. The van der Waals surface area contributed by atoms with Crippen molar-refractivity contribution in [3.63, 3.8) is 0 Å². The molecule has 1 aliphatic rings. The lowest BCUT2D eigenvalue weighted by atomic mass is 10.1. The quantitative estimate of drug-likeness (QED) is 0.387. The van der Waals surface area contributed by atoms with Crippen LogP contribution in [0.5, 0.6) is 0 Å². The lowest BCUT2D eigenvalue weighted by molar-refractivity contribution is 0.112. The molecule has 0 radical (unpaired) electrons. The second kappa shape index (κ2) is 8.81. The van der Waals surface area contributed by atoms with Gasteiger partial charge < -0.3 is 16.4 Å². The Morgan fingerprint density at radius 1 is 1.40 bits per heavy atom. The monoisotopic (exact) mass is 352 g/mol. The van der Waals surface area contributed by atoms with Crippen molar-refractivity contribution in [1.29, 1.82) is 5.26 Å². The summed E-state index contributed by atoms with van der Waals surface area (Å²) in [5.41, 5.74) is 10.8. The number of aldehydes is 1. The SMILES string of the molecule is CN/C=C\c1c(S)cccc1C=O.N#Cc1cc(N)c2c(c1)NCC2. The van der Waals surface area contributed by atoms with Crippen LogP contribution in [0.25, 0.3) is 6.08 Å². The smallest absolute Gasteiger partial charge is 0.150 e. The van der Waals surface area contributed by atoms with Crippen molar-refractivity contribution in [2.45, 2.75) is 11.3 Å². The summed E-state index contributed by atoms with van der Waals surface area (Å²) in [5, 5.41) is 14.7. The lowest BCUT2D eigenvalue weighted by Crippen LogP contribution is -1.93. The van der Waals surface area contributed by atoms with Gasteiger partial charge in [0.1, 0.15) is 0 Å². The Morgan fingerprint density at radius 2 is 2.20 bits per heavy atom. The number of thiol groups is 1. The van der Waals surface area contributed by atoms with Gasteiger partial charge in [-0.3, -0.25) is 4.79 Å². The van der Waals surface area contributed by atoms with Crippen LogP contribution in [-0.4, -0.2) is 19.9 Å². The van der Waals surface area contributed by atoms with Crippen molar-refractivity contribution in [2.75, 3.05) is 24.6 Å². The standard InChI is InChI=1S/C10H11NOS.C9H9N3/c1-11-6-5-9-8(7-12)3-2-4-10(9)13;10-5-6-3-8(11)7-1-2-12-9(7)4-6/h2-7,11,13H,1H3;3-4,12H,1-2,11H2/b6-5-;. The molecule has 128 valence electrons. The van der Waals surface area contributed by atoms with Gasteiger partial charge in [-0.1, -0.05) is 12.1 Å². The van der Waals surface area contributed by atoms with Crippen molar-refractivity contribution in [2.24, 2.45) is 0 Å². The summed E-state index contributed by atoms with van der Waals surface area (Å²) in [6.07, 6.45) is 5.38. The summed E-state index contributed by atoms with van der Waals surface area (Å²) in [7, 11) is 1.80. The van der Waals surface area contributed by atoms with Gasteiger partial charge in [0.25, 0.3) is 0 Å². The fourth-order valence-corrected chi connectivity index (χ4v) is 2.83. The van der Waals surface area contributed by atoms with Crippen LogP contribution in [0.4, 0.5) is 11.4 Å². The highest BCUT2D eigenvalue weighted by Crippen LogP contribution is 2.28. The molecule has 0 amide bonds. The molecule has 0 bridgehead atoms. The fraction of sp³-hybridized carbons (Fsp3) is 0.158. The molecule has 2 aromatic rings. The number of hydrogen-bond donors (Lipinski definition) is 4. The van der Waals surface area contributed by atoms with E-state index in [9.17, 15) is 4.79 Å². The largest absolute Gasteiger partial charge is 0.398 e. The van der Waals surface area contributed by atoms with Crippen LogP contribution in [0.3, 0.4) is 0 Å². The lowest BCUT2D eigenvalue weighted by Gasteiger charge is -2.02. The summed E-state index contributed by atoms with van der Waals surface area (Å²) < 4.78 is 0. The predicted octanol–water partition coefficient (Wildman–Crippen LogP) is 3.09. The second-order valence-electron chi connectivity index (χ2n) is 5.40. The van der Waals surface area contributed by atoms with Gasteiger partial charge in [-0.25, -0.2) is 0 Å². The van der Waals surface area contributed by atoms with Crippen LogP contribution in [0.1, 0.15) is 27.0 Å². The number of nitrogens with one attached hydrogen (secondary N) is 2. The zero-order valence-corrected chi connectivity index (χ0v) is 14.8. The molecule has 6 heteroatoms. The Bertz CT molecular complexity index is 840. The summed E-state index contributed by atoms with van der Waals surface area (Å²) in [4.78, 5) is 11.5. The average Bonchev–Trinajstić information content (AvgIpc) is 3.10. The number of nitrogen functional groups attached to an aromatic ring is 1. The molecule has 0 aliphatic carbocycles. The van der Waals surface area contributed by atoms with Crippen LogP contribution >= 0.6 is 12.6 Å². The highest BCUT2D eigenvalue weighted by Gasteiger charge is 2.13. The minimum absolute atomic E-state index is 0.626. The Labute approximate surface area is 153 Å². The number of anilines is 2. The Kier molecular flexibility index (Phi) is 6.49. The van der Waals surface area contributed by atoms with E-state index in [-0.39, 0.29) is 0 Å². The van der Waals surface area contributed by atoms with Crippen molar-refractivity contribution < 1.29 is 4.79 Å². The fourth-order valence-electron chi connectivity index (χ4n) is 2.54. The predicted molar refractivity (Wildman–Crippen MR) is 105 cm³/mol. The van der Waals surface area contributed by atoms with Crippen molar-refractivity contribution in [3.8, 4) is 6.07 Å². The van der Waals surface area contributed by atoms with E-state index in [1.54, 1.807) is 25.4 Å². The number of benzene rings is 2. The number of hydrogen-bond acceptors (Lipinski definition) is 6. The van der Waals surface area contributed by atoms with E-state index in [1.165, 1.54) is 0 Å². The van der Waals surface area contributed by atoms with Gasteiger partial charge in [0, 0.05) is 35.4 Å². The average molecular weight is 352 g/mol. The first-order valence-electron chi connectivity index (χ1n) is 7.78. The van der Waals surface area contributed by atoms with Crippen molar-refractivity contribution in [1.82, 2.24) is 5.32 Å². The van der Waals surface area contributed by atoms with Crippen LogP contribution < -0.4 is 16.4 Å². The molecule has 4 N–H and O–H groups in total. The minimum Gasteiger partial charge on any atom is -0.398 e. The number of nitrogens with two attached hydrogens (primary N) is 1. The van der Waals surface area contributed by atoms with Crippen LogP contribution in [0.2, 0.25) is 0 Å². The number of carbonyl (C=O) groups is 1. The third-order valence-electron chi connectivity index (χ3n) is 3.76. The molecule has 25 heavy (non-hydrogen) atoms. The molecule has 0 aromatic heterocycles. The first-order valence-corrected chi connectivity index (χ1v) is 8.22. The highest BCUT2D eigenvalue weighted by atomic mass is 32.1. The maximum Gasteiger partial charge on any atom is 0.150 e. The second-order valence-corrected chi connectivity index (χ2v) is 5.88. The molecule has 5 nitrogen and oxygen atoms in total. The third kappa shape index (κ3) is 4.55. The summed E-state index contributed by atoms with van der Waals surface area (Å²) >= 11 is 4.26. The number of carbonyl (C=O) groups excluding carboxylic acids is 1. The Balaban J connectivity index is 0.000000181. The number of nitriles is 1. The van der Waals surface area contributed by atoms with E-state index >= 15 is 0 Å². The van der Waals surface area contributed by atoms with E-state index in [0.717, 1.165) is 46.6 Å². The molecule has 0 unspecified atom stereocenters. The van der Waals surface area contributed by atoms with E-state index in [0.29, 0.717) is 11.1 Å². The maximum absolute atomic E-state index is 10.7. The molecule has 0 atom stereocenters. The Hall–Kier alpha value is -2.91. The third-order valence-corrected chi connectivity index (χ3v) is 4.15. The normalized spacial score (nSPS) is 11.7. The number of fused-ring (bicyclic) bond motifs is 1. The molecule has 0 saturated carbocycles. The summed E-state index contributed by atoms with van der Waals surface area (Å²) in [5.74, 6) is 0. The van der Waals surface area contributed by atoms with E-state index in [4.69, 9.17) is 11.0 Å². The van der Waals surface area contributed by atoms with Crippen molar-refractivity contribution >= 4 is 36.4 Å². The topological polar surface area (TPSA) is 90.9 Å². The molecular weight excluding hydrogens is 332 g/mol. The number of nitrogens with zero attached hydrogens (tertiary/aromatic N) is 1. The Morgan fingerprint density at radius 3 is 2.88 bits per heavy atom. The summed E-state index contributed by atoms with van der Waals surface area (Å²) in [6, 6.07) is 11.1. The molecular formula is C19H20N4OS. The van der Waals surface area contributed by atoms with Crippen LogP contribution in [0.15, 0.2) is 41.4 Å². The van der Waals surface area contributed by atoms with E-state index in [1.807, 2.05) is 24.3 Å². The molecule has 0 spiro atoms. The van der Waals surface area contributed by atoms with Crippen molar-refractivity contribution in [3.05, 3.63) is 58.8 Å². The van der Waals surface area contributed by atoms with E-state index in [2.05, 4.69) is 29.3 Å². The first kappa shape index (κ1) is 18.4. The molecule has 2 aromatic carbocycles.